The molecule has 0 aromatic heterocycles. The van der Waals surface area contributed by atoms with Crippen LogP contribution in [0.2, 0.25) is 0 Å². The first kappa shape index (κ1) is 10.0. The first-order chi connectivity index (χ1) is 5.72. The van der Waals surface area contributed by atoms with E-state index in [4.69, 9.17) is 0 Å². The van der Waals surface area contributed by atoms with E-state index >= 15 is 0 Å². The van der Waals surface area contributed by atoms with Gasteiger partial charge < -0.3 is 5.32 Å². The lowest BCUT2D eigenvalue weighted by Gasteiger charge is -2.36. The predicted molar refractivity (Wildman–Crippen MR) is 54.3 cm³/mol. The molecule has 0 aliphatic heterocycles. The molecule has 1 fully saturated rings. The van der Waals surface area contributed by atoms with Crippen LogP contribution in [0.3, 0.4) is 0 Å². The molecule has 0 aromatic carbocycles. The second-order valence-electron chi connectivity index (χ2n) is 4.56. The summed E-state index contributed by atoms with van der Waals surface area (Å²) in [4.78, 5) is 0. The molecule has 1 rings (SSSR count). The van der Waals surface area contributed by atoms with Gasteiger partial charge in [-0.05, 0) is 31.2 Å². The van der Waals surface area contributed by atoms with Gasteiger partial charge in [-0.2, -0.15) is 0 Å². The average molecular weight is 169 g/mol. The van der Waals surface area contributed by atoms with Crippen LogP contribution in [0.5, 0.6) is 0 Å². The summed E-state index contributed by atoms with van der Waals surface area (Å²) >= 11 is 0. The summed E-state index contributed by atoms with van der Waals surface area (Å²) in [5.41, 5.74) is 0. The molecule has 12 heavy (non-hydrogen) atoms. The van der Waals surface area contributed by atoms with Gasteiger partial charge in [-0.1, -0.05) is 33.6 Å². The van der Waals surface area contributed by atoms with E-state index in [-0.39, 0.29) is 0 Å². The third-order valence-corrected chi connectivity index (χ3v) is 2.85. The Morgan fingerprint density at radius 1 is 1.25 bits per heavy atom. The number of rotatable bonds is 5. The SMILES string of the molecule is CCCC1CC(CNC(C)C)C1. The van der Waals surface area contributed by atoms with E-state index in [1.165, 1.54) is 32.2 Å². The van der Waals surface area contributed by atoms with Crippen LogP contribution in [-0.4, -0.2) is 12.6 Å². The Labute approximate surface area is 76.9 Å². The van der Waals surface area contributed by atoms with Crippen molar-refractivity contribution in [3.8, 4) is 0 Å². The molecule has 0 radical (unpaired) electrons. The van der Waals surface area contributed by atoms with E-state index in [0.717, 1.165) is 11.8 Å². The van der Waals surface area contributed by atoms with Crippen molar-refractivity contribution >= 4 is 0 Å². The van der Waals surface area contributed by atoms with Crippen molar-refractivity contribution in [1.29, 1.82) is 0 Å². The molecular formula is C11H23N. The lowest BCUT2D eigenvalue weighted by Crippen LogP contribution is -2.35. The molecule has 0 bridgehead atoms. The van der Waals surface area contributed by atoms with Crippen LogP contribution < -0.4 is 5.32 Å². The zero-order valence-electron chi connectivity index (χ0n) is 8.77. The van der Waals surface area contributed by atoms with E-state index < -0.39 is 0 Å². The molecule has 1 aliphatic rings. The second kappa shape index (κ2) is 4.86. The summed E-state index contributed by atoms with van der Waals surface area (Å²) in [7, 11) is 0. The van der Waals surface area contributed by atoms with Gasteiger partial charge in [0.25, 0.3) is 0 Å². The van der Waals surface area contributed by atoms with Crippen LogP contribution in [0.4, 0.5) is 0 Å². The van der Waals surface area contributed by atoms with Gasteiger partial charge in [-0.15, -0.1) is 0 Å². The van der Waals surface area contributed by atoms with Crippen molar-refractivity contribution in [1.82, 2.24) is 5.32 Å². The second-order valence-corrected chi connectivity index (χ2v) is 4.56. The Hall–Kier alpha value is -0.0400. The normalized spacial score (nSPS) is 29.0. The zero-order chi connectivity index (χ0) is 8.97. The van der Waals surface area contributed by atoms with Gasteiger partial charge in [0.1, 0.15) is 0 Å². The van der Waals surface area contributed by atoms with Crippen molar-refractivity contribution < 1.29 is 0 Å². The topological polar surface area (TPSA) is 12.0 Å². The minimum Gasteiger partial charge on any atom is -0.314 e. The van der Waals surface area contributed by atoms with Crippen LogP contribution in [0.25, 0.3) is 0 Å². The van der Waals surface area contributed by atoms with Crippen LogP contribution in [0.15, 0.2) is 0 Å². The average Bonchev–Trinajstić information content (AvgIpc) is 1.93. The van der Waals surface area contributed by atoms with E-state index in [1.54, 1.807) is 0 Å². The number of nitrogens with one attached hydrogen (secondary N) is 1. The molecule has 0 unspecified atom stereocenters. The Morgan fingerprint density at radius 2 is 1.92 bits per heavy atom. The lowest BCUT2D eigenvalue weighted by atomic mass is 9.73. The maximum atomic E-state index is 3.51. The Bertz CT molecular complexity index is 114. The molecule has 1 saturated carbocycles. The standard InChI is InChI=1S/C11H23N/c1-4-5-10-6-11(7-10)8-12-9(2)3/h9-12H,4-8H2,1-3H3. The van der Waals surface area contributed by atoms with Crippen molar-refractivity contribution in [3.05, 3.63) is 0 Å². The van der Waals surface area contributed by atoms with Gasteiger partial charge in [0.15, 0.2) is 0 Å². The Balaban J connectivity index is 1.95. The molecule has 1 nitrogen and oxygen atoms in total. The molecule has 72 valence electrons. The summed E-state index contributed by atoms with van der Waals surface area (Å²) in [6, 6.07) is 0.662. The van der Waals surface area contributed by atoms with E-state index in [0.29, 0.717) is 6.04 Å². The molecule has 0 heterocycles. The van der Waals surface area contributed by atoms with Crippen molar-refractivity contribution in [3.63, 3.8) is 0 Å². The Kier molecular flexibility index (Phi) is 4.07. The highest BCUT2D eigenvalue weighted by atomic mass is 14.9. The number of hydrogen-bond donors (Lipinski definition) is 1. The van der Waals surface area contributed by atoms with Crippen LogP contribution in [-0.2, 0) is 0 Å². The third-order valence-electron chi connectivity index (χ3n) is 2.85. The summed E-state index contributed by atoms with van der Waals surface area (Å²) in [5.74, 6) is 2.05. The van der Waals surface area contributed by atoms with Gasteiger partial charge in [0.2, 0.25) is 0 Å². The molecule has 0 saturated heterocycles. The van der Waals surface area contributed by atoms with Gasteiger partial charge in [-0.3, -0.25) is 0 Å². The molecule has 1 aliphatic carbocycles. The molecular weight excluding hydrogens is 146 g/mol. The first-order valence-corrected chi connectivity index (χ1v) is 5.45. The monoisotopic (exact) mass is 169 g/mol. The third kappa shape index (κ3) is 3.14. The Morgan fingerprint density at radius 3 is 2.42 bits per heavy atom. The zero-order valence-corrected chi connectivity index (χ0v) is 8.77. The van der Waals surface area contributed by atoms with Crippen LogP contribution in [0.1, 0.15) is 46.5 Å². The van der Waals surface area contributed by atoms with Crippen molar-refractivity contribution in [2.45, 2.75) is 52.5 Å². The lowest BCUT2D eigenvalue weighted by molar-refractivity contribution is 0.174. The predicted octanol–water partition coefficient (Wildman–Crippen LogP) is 2.81. The fraction of sp³-hybridized carbons (Fsp3) is 1.00. The maximum absolute atomic E-state index is 3.51. The first-order valence-electron chi connectivity index (χ1n) is 5.45. The highest BCUT2D eigenvalue weighted by Gasteiger charge is 2.27. The molecule has 0 aromatic rings. The highest BCUT2D eigenvalue weighted by molar-refractivity contribution is 4.80. The summed E-state index contributed by atoms with van der Waals surface area (Å²) in [6.07, 6.45) is 5.79. The van der Waals surface area contributed by atoms with E-state index in [2.05, 4.69) is 26.1 Å². The molecule has 0 atom stereocenters. The van der Waals surface area contributed by atoms with Crippen molar-refractivity contribution in [2.75, 3.05) is 6.54 Å². The van der Waals surface area contributed by atoms with Gasteiger partial charge in [0, 0.05) is 6.04 Å². The summed E-state index contributed by atoms with van der Waals surface area (Å²) in [6.45, 7) is 7.99. The fourth-order valence-electron chi connectivity index (χ4n) is 2.09. The highest BCUT2D eigenvalue weighted by Crippen LogP contribution is 2.36. The fourth-order valence-corrected chi connectivity index (χ4v) is 2.09. The van der Waals surface area contributed by atoms with Crippen LogP contribution >= 0.6 is 0 Å². The number of hydrogen-bond acceptors (Lipinski definition) is 1. The minimum atomic E-state index is 0.662. The van der Waals surface area contributed by atoms with Crippen LogP contribution in [0, 0.1) is 11.8 Å². The quantitative estimate of drug-likeness (QED) is 0.667. The van der Waals surface area contributed by atoms with Crippen molar-refractivity contribution in [2.24, 2.45) is 11.8 Å². The molecule has 0 amide bonds. The molecule has 0 spiro atoms. The van der Waals surface area contributed by atoms with Gasteiger partial charge in [0.05, 0.1) is 0 Å². The smallest absolute Gasteiger partial charge is 0.00104 e. The molecule has 1 N–H and O–H groups in total. The molecule has 1 heteroatoms. The van der Waals surface area contributed by atoms with Gasteiger partial charge in [-0.25, -0.2) is 0 Å². The largest absolute Gasteiger partial charge is 0.314 e. The minimum absolute atomic E-state index is 0.662. The maximum Gasteiger partial charge on any atom is 0.00104 e. The van der Waals surface area contributed by atoms with Gasteiger partial charge >= 0.3 is 0 Å². The summed E-state index contributed by atoms with van der Waals surface area (Å²) < 4.78 is 0. The van der Waals surface area contributed by atoms with E-state index in [1.807, 2.05) is 0 Å². The summed E-state index contributed by atoms with van der Waals surface area (Å²) in [5, 5.41) is 3.51. The van der Waals surface area contributed by atoms with E-state index in [9.17, 15) is 0 Å².